The Bertz CT molecular complexity index is 503. The fraction of sp³-hybridized carbons (Fsp3) is 0.333. The summed E-state index contributed by atoms with van der Waals surface area (Å²) < 4.78 is 4.65. The number of ether oxygens (including phenoxy) is 1. The molecule has 0 atom stereocenters. The van der Waals surface area contributed by atoms with Gasteiger partial charge in [-0.25, -0.2) is 0 Å². The molecule has 90 valence electrons. The largest absolute Gasteiger partial charge is 0.469 e. The van der Waals surface area contributed by atoms with Gasteiger partial charge in [-0.05, 0) is 24.8 Å². The maximum absolute atomic E-state index is 11.2. The summed E-state index contributed by atoms with van der Waals surface area (Å²) in [6.07, 6.45) is 1.04. The molecule has 2 aromatic heterocycles. The van der Waals surface area contributed by atoms with E-state index in [1.165, 1.54) is 7.11 Å². The van der Waals surface area contributed by atoms with Gasteiger partial charge in [0.05, 0.1) is 12.0 Å². The minimum Gasteiger partial charge on any atom is -0.469 e. The Morgan fingerprint density at radius 2 is 2.41 bits per heavy atom. The van der Waals surface area contributed by atoms with Gasteiger partial charge in [-0.2, -0.15) is 5.10 Å². The zero-order chi connectivity index (χ0) is 12.3. The molecule has 0 aliphatic rings. The minimum absolute atomic E-state index is 0.192. The first kappa shape index (κ1) is 11.9. The first-order chi connectivity index (χ1) is 8.22. The summed E-state index contributed by atoms with van der Waals surface area (Å²) >= 11 is 1.64. The van der Waals surface area contributed by atoms with Gasteiger partial charge in [0.2, 0.25) is 0 Å². The molecule has 0 saturated heterocycles. The Hall–Kier alpha value is -1.62. The van der Waals surface area contributed by atoms with E-state index in [9.17, 15) is 4.79 Å². The first-order valence-corrected chi connectivity index (χ1v) is 6.25. The third kappa shape index (κ3) is 2.55. The van der Waals surface area contributed by atoms with Crippen molar-refractivity contribution >= 4 is 17.3 Å². The van der Waals surface area contributed by atoms with Crippen molar-refractivity contribution in [2.24, 2.45) is 0 Å². The van der Waals surface area contributed by atoms with Gasteiger partial charge in [0, 0.05) is 17.7 Å². The van der Waals surface area contributed by atoms with Gasteiger partial charge < -0.3 is 4.74 Å². The fourth-order valence-electron chi connectivity index (χ4n) is 1.70. The Morgan fingerprint density at radius 3 is 3.06 bits per heavy atom. The van der Waals surface area contributed by atoms with Gasteiger partial charge in [-0.3, -0.25) is 9.89 Å². The molecule has 0 aliphatic carbocycles. The highest BCUT2D eigenvalue weighted by atomic mass is 32.1. The highest BCUT2D eigenvalue weighted by Crippen LogP contribution is 2.28. The van der Waals surface area contributed by atoms with E-state index in [0.717, 1.165) is 21.8 Å². The molecule has 2 rings (SSSR count). The number of rotatable bonds is 4. The van der Waals surface area contributed by atoms with Gasteiger partial charge in [-0.1, -0.05) is 6.07 Å². The lowest BCUT2D eigenvalue weighted by atomic mass is 10.1. The average Bonchev–Trinajstić information content (AvgIpc) is 2.95. The Morgan fingerprint density at radius 1 is 1.59 bits per heavy atom. The molecule has 0 bridgehead atoms. The summed E-state index contributed by atoms with van der Waals surface area (Å²) in [5.41, 5.74) is 3.05. The summed E-state index contributed by atoms with van der Waals surface area (Å²) in [5, 5.41) is 9.28. The van der Waals surface area contributed by atoms with Crippen LogP contribution in [-0.2, 0) is 16.0 Å². The number of H-pyrrole nitrogens is 1. The number of methoxy groups -OCH3 is 1. The van der Waals surface area contributed by atoms with Crippen LogP contribution in [0.2, 0.25) is 0 Å². The van der Waals surface area contributed by atoms with Crippen LogP contribution in [0.4, 0.5) is 0 Å². The summed E-state index contributed by atoms with van der Waals surface area (Å²) in [6.45, 7) is 1.97. The van der Waals surface area contributed by atoms with Crippen LogP contribution in [0.3, 0.4) is 0 Å². The number of thiophene rings is 1. The van der Waals surface area contributed by atoms with Crippen LogP contribution in [0.25, 0.3) is 10.6 Å². The average molecular weight is 250 g/mol. The number of carbonyl (C=O) groups is 1. The summed E-state index contributed by atoms with van der Waals surface area (Å²) in [6, 6.07) is 4.02. The number of aromatic amines is 1. The van der Waals surface area contributed by atoms with Crippen LogP contribution < -0.4 is 0 Å². The Labute approximate surface area is 104 Å². The molecular formula is C12H14N2O2S. The quantitative estimate of drug-likeness (QED) is 0.848. The fourth-order valence-corrected chi connectivity index (χ4v) is 2.45. The number of esters is 1. The maximum atomic E-state index is 11.2. The molecule has 0 aromatic carbocycles. The number of nitrogens with one attached hydrogen (secondary N) is 1. The molecule has 0 fully saturated rings. The van der Waals surface area contributed by atoms with Gasteiger partial charge in [0.1, 0.15) is 5.69 Å². The number of aryl methyl sites for hydroxylation is 1. The summed E-state index contributed by atoms with van der Waals surface area (Å²) in [4.78, 5) is 12.3. The highest BCUT2D eigenvalue weighted by Gasteiger charge is 2.14. The topological polar surface area (TPSA) is 55.0 Å². The van der Waals surface area contributed by atoms with E-state index >= 15 is 0 Å². The van der Waals surface area contributed by atoms with Crippen LogP contribution in [0, 0.1) is 6.92 Å². The zero-order valence-corrected chi connectivity index (χ0v) is 10.6. The predicted octanol–water partition coefficient (Wildman–Crippen LogP) is 2.55. The lowest BCUT2D eigenvalue weighted by Crippen LogP contribution is -2.02. The SMILES string of the molecule is COC(=O)CCc1c(-c2cccs2)n[nH]c1C. The molecule has 2 aromatic rings. The molecule has 2 heterocycles. The molecular weight excluding hydrogens is 236 g/mol. The van der Waals surface area contributed by atoms with E-state index < -0.39 is 0 Å². The van der Waals surface area contributed by atoms with Crippen LogP contribution in [0.15, 0.2) is 17.5 Å². The molecule has 1 N–H and O–H groups in total. The molecule has 0 unspecified atom stereocenters. The molecule has 5 heteroatoms. The third-order valence-corrected chi connectivity index (χ3v) is 3.51. The molecule has 0 saturated carbocycles. The van der Waals surface area contributed by atoms with Crippen LogP contribution in [-0.4, -0.2) is 23.3 Å². The predicted molar refractivity (Wildman–Crippen MR) is 67.0 cm³/mol. The van der Waals surface area contributed by atoms with E-state index in [-0.39, 0.29) is 5.97 Å². The highest BCUT2D eigenvalue weighted by molar-refractivity contribution is 7.13. The van der Waals surface area contributed by atoms with Crippen molar-refractivity contribution in [2.75, 3.05) is 7.11 Å². The maximum Gasteiger partial charge on any atom is 0.305 e. The zero-order valence-electron chi connectivity index (χ0n) is 9.82. The number of hydrogen-bond donors (Lipinski definition) is 1. The normalized spacial score (nSPS) is 10.5. The Kier molecular flexibility index (Phi) is 3.58. The second-order valence-electron chi connectivity index (χ2n) is 3.73. The summed E-state index contributed by atoms with van der Waals surface area (Å²) in [7, 11) is 1.41. The number of aromatic nitrogens is 2. The second-order valence-corrected chi connectivity index (χ2v) is 4.68. The van der Waals surface area contributed by atoms with E-state index in [0.29, 0.717) is 12.8 Å². The van der Waals surface area contributed by atoms with Crippen molar-refractivity contribution in [3.63, 3.8) is 0 Å². The van der Waals surface area contributed by atoms with Crippen LogP contribution >= 0.6 is 11.3 Å². The number of carbonyl (C=O) groups excluding carboxylic acids is 1. The van der Waals surface area contributed by atoms with Crippen molar-refractivity contribution in [3.05, 3.63) is 28.8 Å². The summed E-state index contributed by atoms with van der Waals surface area (Å²) in [5.74, 6) is -0.192. The van der Waals surface area contributed by atoms with Crippen molar-refractivity contribution in [1.82, 2.24) is 10.2 Å². The van der Waals surface area contributed by atoms with E-state index in [4.69, 9.17) is 0 Å². The first-order valence-electron chi connectivity index (χ1n) is 5.37. The molecule has 0 spiro atoms. The van der Waals surface area contributed by atoms with Gasteiger partial charge >= 0.3 is 5.97 Å². The van der Waals surface area contributed by atoms with Crippen molar-refractivity contribution in [3.8, 4) is 10.6 Å². The molecule has 4 nitrogen and oxygen atoms in total. The number of hydrogen-bond acceptors (Lipinski definition) is 4. The van der Waals surface area contributed by atoms with E-state index in [2.05, 4.69) is 14.9 Å². The van der Waals surface area contributed by atoms with E-state index in [1.807, 2.05) is 24.4 Å². The third-order valence-electron chi connectivity index (χ3n) is 2.64. The second kappa shape index (κ2) is 5.14. The van der Waals surface area contributed by atoms with Gasteiger partial charge in [0.25, 0.3) is 0 Å². The molecule has 0 aliphatic heterocycles. The van der Waals surface area contributed by atoms with E-state index in [1.54, 1.807) is 11.3 Å². The van der Waals surface area contributed by atoms with Crippen molar-refractivity contribution in [2.45, 2.75) is 19.8 Å². The minimum atomic E-state index is -0.192. The standard InChI is InChI=1S/C12H14N2O2S/c1-8-9(5-6-11(15)16-2)12(14-13-8)10-4-3-7-17-10/h3-4,7H,5-6H2,1-2H3,(H,13,14). The van der Waals surface area contributed by atoms with Crippen molar-refractivity contribution in [1.29, 1.82) is 0 Å². The lowest BCUT2D eigenvalue weighted by molar-refractivity contribution is -0.140. The molecule has 0 radical (unpaired) electrons. The van der Waals surface area contributed by atoms with Crippen molar-refractivity contribution < 1.29 is 9.53 Å². The molecule has 17 heavy (non-hydrogen) atoms. The van der Waals surface area contributed by atoms with Crippen LogP contribution in [0.5, 0.6) is 0 Å². The Balaban J connectivity index is 2.21. The van der Waals surface area contributed by atoms with Gasteiger partial charge in [0.15, 0.2) is 0 Å². The monoisotopic (exact) mass is 250 g/mol. The smallest absolute Gasteiger partial charge is 0.305 e. The molecule has 0 amide bonds. The van der Waals surface area contributed by atoms with Gasteiger partial charge in [-0.15, -0.1) is 11.3 Å². The lowest BCUT2D eigenvalue weighted by Gasteiger charge is -2.01. The van der Waals surface area contributed by atoms with Crippen LogP contribution in [0.1, 0.15) is 17.7 Å². The number of nitrogens with zero attached hydrogens (tertiary/aromatic N) is 1.